The highest BCUT2D eigenvalue weighted by Crippen LogP contribution is 2.52. The van der Waals surface area contributed by atoms with Crippen LogP contribution in [0, 0.1) is 11.3 Å². The summed E-state index contributed by atoms with van der Waals surface area (Å²) < 4.78 is 0. The Bertz CT molecular complexity index is 538. The van der Waals surface area contributed by atoms with Crippen LogP contribution in [0.3, 0.4) is 0 Å². The summed E-state index contributed by atoms with van der Waals surface area (Å²) in [7, 11) is 0. The van der Waals surface area contributed by atoms with Gasteiger partial charge in [-0.15, -0.1) is 0 Å². The van der Waals surface area contributed by atoms with Crippen molar-refractivity contribution in [1.82, 2.24) is 0 Å². The summed E-state index contributed by atoms with van der Waals surface area (Å²) in [4.78, 5) is 22.7. The molecular formula is C15H18O4. The van der Waals surface area contributed by atoms with Crippen molar-refractivity contribution in [2.45, 2.75) is 33.1 Å². The van der Waals surface area contributed by atoms with Crippen LogP contribution >= 0.6 is 0 Å². The van der Waals surface area contributed by atoms with Gasteiger partial charge in [0.05, 0.1) is 0 Å². The van der Waals surface area contributed by atoms with Crippen LogP contribution < -0.4 is 0 Å². The van der Waals surface area contributed by atoms with Crippen LogP contribution in [-0.4, -0.2) is 22.0 Å². The minimum atomic E-state index is -0.973. The zero-order valence-electron chi connectivity index (χ0n) is 11.2. The third kappa shape index (κ3) is 2.01. The van der Waals surface area contributed by atoms with Gasteiger partial charge in [-0.3, -0.25) is 4.79 Å². The molecule has 2 atom stereocenters. The van der Waals surface area contributed by atoms with Crippen LogP contribution in [0.1, 0.15) is 33.1 Å². The summed E-state index contributed by atoms with van der Waals surface area (Å²) in [5, 5.41) is 18.9. The van der Waals surface area contributed by atoms with Crippen molar-refractivity contribution in [1.29, 1.82) is 0 Å². The molecule has 1 fully saturated rings. The van der Waals surface area contributed by atoms with Crippen LogP contribution in [0.15, 0.2) is 35.1 Å². The normalized spacial score (nSPS) is 30.7. The zero-order valence-corrected chi connectivity index (χ0v) is 11.2. The van der Waals surface area contributed by atoms with Crippen molar-refractivity contribution in [3.8, 4) is 0 Å². The number of aliphatic hydroxyl groups excluding tert-OH is 1. The molecule has 0 aliphatic heterocycles. The Morgan fingerprint density at radius 2 is 2.16 bits per heavy atom. The summed E-state index contributed by atoms with van der Waals surface area (Å²) in [5.41, 5.74) is 1.41. The lowest BCUT2D eigenvalue weighted by molar-refractivity contribution is -0.133. The summed E-state index contributed by atoms with van der Waals surface area (Å²) in [6.07, 6.45) is 3.44. The Hall–Kier alpha value is -1.84. The summed E-state index contributed by atoms with van der Waals surface area (Å²) in [5.74, 6) is -1.64. The smallest absolute Gasteiger partial charge is 0.331 e. The lowest BCUT2D eigenvalue weighted by Crippen LogP contribution is -2.35. The Balaban J connectivity index is 2.36. The number of carbonyl (C=O) groups excluding carboxylic acids is 1. The molecule has 2 N–H and O–H groups in total. The first-order valence-electron chi connectivity index (χ1n) is 6.35. The molecule has 2 rings (SSSR count). The lowest BCUT2D eigenvalue weighted by atomic mass is 9.60. The van der Waals surface area contributed by atoms with Crippen molar-refractivity contribution in [2.24, 2.45) is 11.3 Å². The standard InChI is InChI=1S/C15H18O4/c1-8(14(18)19)10-4-5-11-6-12(16)13(17)9(2)15(11,3)7-10/h6,10,17H,1,4-5,7H2,2-3H3,(H,18,19). The number of ketones is 1. The molecule has 2 aliphatic rings. The van der Waals surface area contributed by atoms with Crippen molar-refractivity contribution in [3.63, 3.8) is 0 Å². The Labute approximate surface area is 112 Å². The van der Waals surface area contributed by atoms with Crippen molar-refractivity contribution >= 4 is 11.8 Å². The third-order valence-corrected chi connectivity index (χ3v) is 4.61. The second-order valence-electron chi connectivity index (χ2n) is 5.61. The van der Waals surface area contributed by atoms with Gasteiger partial charge in [0.2, 0.25) is 5.78 Å². The molecule has 0 aromatic rings. The molecule has 0 spiro atoms. The number of carboxylic acid groups (broad SMARTS) is 1. The van der Waals surface area contributed by atoms with Crippen LogP contribution in [0.2, 0.25) is 0 Å². The first kappa shape index (κ1) is 13.6. The number of fused-ring (bicyclic) bond motifs is 1. The number of carboxylic acids is 1. The van der Waals surface area contributed by atoms with Gasteiger partial charge in [-0.1, -0.05) is 19.1 Å². The molecule has 0 aromatic heterocycles. The van der Waals surface area contributed by atoms with Gasteiger partial charge in [-0.25, -0.2) is 4.79 Å². The van der Waals surface area contributed by atoms with E-state index >= 15 is 0 Å². The minimum Gasteiger partial charge on any atom is -0.504 e. The Morgan fingerprint density at radius 1 is 1.53 bits per heavy atom. The van der Waals surface area contributed by atoms with E-state index in [9.17, 15) is 14.7 Å². The Kier molecular flexibility index (Phi) is 3.12. The number of hydrogen-bond donors (Lipinski definition) is 2. The zero-order chi connectivity index (χ0) is 14.4. The van der Waals surface area contributed by atoms with E-state index in [4.69, 9.17) is 5.11 Å². The van der Waals surface area contributed by atoms with Crippen LogP contribution in [0.25, 0.3) is 0 Å². The molecule has 4 heteroatoms. The first-order valence-corrected chi connectivity index (χ1v) is 6.35. The molecule has 0 aromatic carbocycles. The van der Waals surface area contributed by atoms with E-state index in [0.29, 0.717) is 24.8 Å². The van der Waals surface area contributed by atoms with Gasteiger partial charge in [-0.2, -0.15) is 0 Å². The van der Waals surface area contributed by atoms with Crippen LogP contribution in [0.4, 0.5) is 0 Å². The minimum absolute atomic E-state index is 0.115. The molecule has 1 saturated carbocycles. The van der Waals surface area contributed by atoms with E-state index in [1.165, 1.54) is 6.08 Å². The highest BCUT2D eigenvalue weighted by Gasteiger charge is 2.43. The molecule has 0 saturated heterocycles. The summed E-state index contributed by atoms with van der Waals surface area (Å²) >= 11 is 0. The molecule has 4 nitrogen and oxygen atoms in total. The maximum atomic E-state index is 11.6. The van der Waals surface area contributed by atoms with Crippen LogP contribution in [-0.2, 0) is 9.59 Å². The van der Waals surface area contributed by atoms with Gasteiger partial charge in [-0.05, 0) is 43.8 Å². The van der Waals surface area contributed by atoms with Crippen molar-refractivity contribution in [2.75, 3.05) is 0 Å². The number of allylic oxidation sites excluding steroid dienone is 3. The molecule has 2 unspecified atom stereocenters. The number of hydrogen-bond acceptors (Lipinski definition) is 3. The molecule has 102 valence electrons. The molecule has 0 radical (unpaired) electrons. The highest BCUT2D eigenvalue weighted by molar-refractivity contribution is 6.04. The Morgan fingerprint density at radius 3 is 2.74 bits per heavy atom. The predicted octanol–water partition coefficient (Wildman–Crippen LogP) is 2.77. The first-order chi connectivity index (χ1) is 8.77. The van der Waals surface area contributed by atoms with Gasteiger partial charge in [0.25, 0.3) is 0 Å². The van der Waals surface area contributed by atoms with E-state index < -0.39 is 11.4 Å². The average molecular weight is 262 g/mol. The molecule has 0 heterocycles. The summed E-state index contributed by atoms with van der Waals surface area (Å²) in [6, 6.07) is 0. The fourth-order valence-electron chi connectivity index (χ4n) is 3.10. The third-order valence-electron chi connectivity index (χ3n) is 4.61. The van der Waals surface area contributed by atoms with E-state index in [1.54, 1.807) is 6.92 Å². The number of rotatable bonds is 2. The molecule has 19 heavy (non-hydrogen) atoms. The second kappa shape index (κ2) is 4.37. The largest absolute Gasteiger partial charge is 0.504 e. The fraction of sp³-hybridized carbons (Fsp3) is 0.467. The van der Waals surface area contributed by atoms with Gasteiger partial charge in [0.1, 0.15) is 0 Å². The highest BCUT2D eigenvalue weighted by atomic mass is 16.4. The van der Waals surface area contributed by atoms with Gasteiger partial charge < -0.3 is 10.2 Å². The van der Waals surface area contributed by atoms with Crippen LogP contribution in [0.5, 0.6) is 0 Å². The average Bonchev–Trinajstić information content (AvgIpc) is 2.36. The van der Waals surface area contributed by atoms with Crippen molar-refractivity contribution < 1.29 is 19.8 Å². The molecule has 2 aliphatic carbocycles. The number of aliphatic carboxylic acids is 1. The monoisotopic (exact) mass is 262 g/mol. The lowest BCUT2D eigenvalue weighted by Gasteiger charge is -2.43. The predicted molar refractivity (Wildman–Crippen MR) is 70.6 cm³/mol. The SMILES string of the molecule is C=C(C(=O)O)C1CCC2=CC(=O)C(O)=C(C)C2(C)C1. The van der Waals surface area contributed by atoms with E-state index in [0.717, 1.165) is 5.57 Å². The maximum Gasteiger partial charge on any atom is 0.331 e. The van der Waals surface area contributed by atoms with E-state index in [2.05, 4.69) is 6.58 Å². The second-order valence-corrected chi connectivity index (χ2v) is 5.61. The quantitative estimate of drug-likeness (QED) is 0.750. The molecular weight excluding hydrogens is 244 g/mol. The molecule has 0 bridgehead atoms. The fourth-order valence-corrected chi connectivity index (χ4v) is 3.10. The van der Waals surface area contributed by atoms with Gasteiger partial charge >= 0.3 is 5.97 Å². The molecule has 0 amide bonds. The topological polar surface area (TPSA) is 74.6 Å². The van der Waals surface area contributed by atoms with Gasteiger partial charge in [0.15, 0.2) is 5.76 Å². The number of carbonyl (C=O) groups is 2. The van der Waals surface area contributed by atoms with E-state index in [-0.39, 0.29) is 23.0 Å². The van der Waals surface area contributed by atoms with Crippen molar-refractivity contribution in [3.05, 3.63) is 35.1 Å². The maximum absolute atomic E-state index is 11.6. The summed E-state index contributed by atoms with van der Waals surface area (Å²) in [6.45, 7) is 7.34. The van der Waals surface area contributed by atoms with E-state index in [1.807, 2.05) is 6.92 Å². The van der Waals surface area contributed by atoms with Gasteiger partial charge in [0, 0.05) is 11.0 Å². The number of aliphatic hydroxyl groups is 1.